The van der Waals surface area contributed by atoms with Crippen LogP contribution in [0.2, 0.25) is 0 Å². The molecule has 0 aliphatic carbocycles. The fourth-order valence-corrected chi connectivity index (χ4v) is 5.34. The Morgan fingerprint density at radius 3 is 2.57 bits per heavy atom. The van der Waals surface area contributed by atoms with E-state index in [0.29, 0.717) is 54.9 Å². The molecule has 0 N–H and O–H groups in total. The normalized spacial score (nSPS) is 14.1. The highest BCUT2D eigenvalue weighted by atomic mass is 16.6. The zero-order chi connectivity index (χ0) is 30.8. The van der Waals surface area contributed by atoms with Gasteiger partial charge in [-0.1, -0.05) is 18.2 Å². The van der Waals surface area contributed by atoms with Crippen molar-refractivity contribution in [2.75, 3.05) is 19.7 Å². The van der Waals surface area contributed by atoms with Gasteiger partial charge < -0.3 is 14.4 Å². The standard InChI is InChI=1S/C33H33N7O4/c1-33(2,3)44-32(42)38-12-9-22(10-13-38)21-43-26-18-35-30(36-19-26)25-6-4-5-24(15-25)20-39-29(41)8-7-27-28-16-23(17-34)11-14-40(28)37-31(27)39/h4-8,11,14-16,18-19,22H,9-10,12-13,20-21H2,1-3H3. The molecule has 11 nitrogen and oxygen atoms in total. The molecule has 5 aromatic rings. The van der Waals surface area contributed by atoms with Crippen LogP contribution in [0.15, 0.2) is 71.9 Å². The Labute approximate surface area is 254 Å². The van der Waals surface area contributed by atoms with E-state index in [-0.39, 0.29) is 11.7 Å². The zero-order valence-electron chi connectivity index (χ0n) is 24.9. The van der Waals surface area contributed by atoms with E-state index in [2.05, 4.69) is 21.1 Å². The fraction of sp³-hybridized carbons (Fsp3) is 0.333. The molecule has 5 heterocycles. The molecule has 0 unspecified atom stereocenters. The number of nitrogens with zero attached hydrogens (tertiary/aromatic N) is 7. The number of rotatable bonds is 6. The highest BCUT2D eigenvalue weighted by Gasteiger charge is 2.27. The minimum absolute atomic E-state index is 0.167. The van der Waals surface area contributed by atoms with Crippen LogP contribution in [0.3, 0.4) is 0 Å². The SMILES string of the molecule is CC(C)(C)OC(=O)N1CCC(COc2cnc(-c3cccc(Cn4c(=O)ccc5c4nn4ccc(C#N)cc54)c3)nc2)CC1. The Balaban J connectivity index is 1.11. The second kappa shape index (κ2) is 11.8. The average molecular weight is 592 g/mol. The number of benzene rings is 1. The van der Waals surface area contributed by atoms with Crippen LogP contribution in [0.1, 0.15) is 44.7 Å². The van der Waals surface area contributed by atoms with Crippen molar-refractivity contribution in [1.29, 1.82) is 5.26 Å². The Kier molecular flexibility index (Phi) is 7.74. The third-order valence-electron chi connectivity index (χ3n) is 7.60. The monoisotopic (exact) mass is 591 g/mol. The molecule has 0 atom stereocenters. The van der Waals surface area contributed by atoms with Crippen molar-refractivity contribution >= 4 is 22.6 Å². The topological polar surface area (TPSA) is 128 Å². The van der Waals surface area contributed by atoms with Crippen LogP contribution in [0, 0.1) is 17.2 Å². The van der Waals surface area contributed by atoms with E-state index in [9.17, 15) is 14.9 Å². The van der Waals surface area contributed by atoms with E-state index < -0.39 is 5.60 Å². The van der Waals surface area contributed by atoms with Gasteiger partial charge >= 0.3 is 6.09 Å². The highest BCUT2D eigenvalue weighted by Crippen LogP contribution is 2.24. The summed E-state index contributed by atoms with van der Waals surface area (Å²) in [5.74, 6) is 1.47. The van der Waals surface area contributed by atoms with Crippen LogP contribution in [-0.2, 0) is 11.3 Å². The van der Waals surface area contributed by atoms with E-state index in [0.717, 1.165) is 34.9 Å². The molecule has 1 amide bonds. The van der Waals surface area contributed by atoms with E-state index in [1.807, 2.05) is 45.0 Å². The third-order valence-corrected chi connectivity index (χ3v) is 7.60. The van der Waals surface area contributed by atoms with Gasteiger partial charge in [-0.15, -0.1) is 5.10 Å². The number of aromatic nitrogens is 5. The van der Waals surface area contributed by atoms with Gasteiger partial charge in [0, 0.05) is 36.3 Å². The maximum atomic E-state index is 12.9. The summed E-state index contributed by atoms with van der Waals surface area (Å²) >= 11 is 0. The molecule has 1 fully saturated rings. The summed E-state index contributed by atoms with van der Waals surface area (Å²) in [7, 11) is 0. The van der Waals surface area contributed by atoms with E-state index in [1.165, 1.54) is 6.07 Å². The molecular formula is C33H33N7O4. The van der Waals surface area contributed by atoms with Crippen LogP contribution >= 0.6 is 0 Å². The van der Waals surface area contributed by atoms with Gasteiger partial charge in [-0.2, -0.15) is 5.26 Å². The van der Waals surface area contributed by atoms with Crippen molar-refractivity contribution in [1.82, 2.24) is 29.0 Å². The molecule has 0 bridgehead atoms. The van der Waals surface area contributed by atoms with E-state index >= 15 is 0 Å². The number of hydrogen-bond acceptors (Lipinski definition) is 8. The number of pyridine rings is 2. The van der Waals surface area contributed by atoms with Gasteiger partial charge in [0.05, 0.1) is 42.7 Å². The van der Waals surface area contributed by atoms with Crippen LogP contribution < -0.4 is 10.3 Å². The minimum Gasteiger partial charge on any atom is -0.490 e. The zero-order valence-corrected chi connectivity index (χ0v) is 24.9. The molecular weight excluding hydrogens is 558 g/mol. The maximum absolute atomic E-state index is 12.9. The summed E-state index contributed by atoms with van der Waals surface area (Å²) in [6.07, 6.45) is 6.49. The first kappa shape index (κ1) is 28.9. The van der Waals surface area contributed by atoms with Crippen molar-refractivity contribution in [3.63, 3.8) is 0 Å². The smallest absolute Gasteiger partial charge is 0.410 e. The molecule has 1 saturated heterocycles. The molecule has 1 aliphatic rings. The van der Waals surface area contributed by atoms with Gasteiger partial charge in [0.15, 0.2) is 17.2 Å². The lowest BCUT2D eigenvalue weighted by Gasteiger charge is -2.33. The van der Waals surface area contributed by atoms with E-state index in [4.69, 9.17) is 9.47 Å². The quantitative estimate of drug-likeness (QED) is 0.268. The van der Waals surface area contributed by atoms with Gasteiger partial charge in [-0.05, 0) is 69.4 Å². The molecule has 1 aromatic carbocycles. The first-order valence-corrected chi connectivity index (χ1v) is 14.6. The van der Waals surface area contributed by atoms with Crippen LogP contribution in [0.25, 0.3) is 27.9 Å². The summed E-state index contributed by atoms with van der Waals surface area (Å²) in [5.41, 5.74) is 2.89. The van der Waals surface area contributed by atoms with Crippen LogP contribution in [0.4, 0.5) is 4.79 Å². The molecule has 0 spiro atoms. The van der Waals surface area contributed by atoms with Crippen molar-refractivity contribution in [3.05, 3.63) is 88.6 Å². The Morgan fingerprint density at radius 2 is 1.84 bits per heavy atom. The number of hydrogen-bond donors (Lipinski definition) is 0. The number of nitriles is 1. The number of likely N-dealkylation sites (tertiary alicyclic amines) is 1. The second-order valence-corrected chi connectivity index (χ2v) is 12.0. The largest absolute Gasteiger partial charge is 0.490 e. The number of carbonyl (C=O) groups is 1. The summed E-state index contributed by atoms with van der Waals surface area (Å²) in [5, 5.41) is 14.7. The van der Waals surface area contributed by atoms with Crippen molar-refractivity contribution in [2.45, 2.75) is 45.8 Å². The van der Waals surface area contributed by atoms with Crippen LogP contribution in [0.5, 0.6) is 5.75 Å². The second-order valence-electron chi connectivity index (χ2n) is 12.0. The lowest BCUT2D eigenvalue weighted by atomic mass is 9.98. The lowest BCUT2D eigenvalue weighted by Crippen LogP contribution is -2.42. The molecule has 1 aliphatic heterocycles. The van der Waals surface area contributed by atoms with Crippen molar-refractivity contribution in [2.24, 2.45) is 5.92 Å². The molecule has 44 heavy (non-hydrogen) atoms. The van der Waals surface area contributed by atoms with Crippen molar-refractivity contribution in [3.8, 4) is 23.2 Å². The predicted molar refractivity (Wildman–Crippen MR) is 164 cm³/mol. The average Bonchev–Trinajstić information content (AvgIpc) is 3.39. The molecule has 224 valence electrons. The van der Waals surface area contributed by atoms with Gasteiger partial charge in [0.2, 0.25) is 0 Å². The highest BCUT2D eigenvalue weighted by molar-refractivity contribution is 5.92. The van der Waals surface area contributed by atoms with Crippen LogP contribution in [-0.4, -0.2) is 60.4 Å². The Hall–Kier alpha value is -5.24. The number of amides is 1. The fourth-order valence-electron chi connectivity index (χ4n) is 5.34. The van der Waals surface area contributed by atoms with Gasteiger partial charge in [-0.25, -0.2) is 19.3 Å². The lowest BCUT2D eigenvalue weighted by molar-refractivity contribution is 0.0165. The van der Waals surface area contributed by atoms with Crippen molar-refractivity contribution < 1.29 is 14.3 Å². The summed E-state index contributed by atoms with van der Waals surface area (Å²) in [6.45, 7) is 7.75. The third kappa shape index (κ3) is 6.24. The minimum atomic E-state index is -0.501. The first-order chi connectivity index (χ1) is 21.2. The summed E-state index contributed by atoms with van der Waals surface area (Å²) < 4.78 is 14.8. The number of fused-ring (bicyclic) bond motifs is 3. The molecule has 4 aromatic heterocycles. The summed E-state index contributed by atoms with van der Waals surface area (Å²) in [6, 6.07) is 16.6. The maximum Gasteiger partial charge on any atom is 0.410 e. The number of piperidine rings is 1. The van der Waals surface area contributed by atoms with Gasteiger partial charge in [-0.3, -0.25) is 9.36 Å². The molecule has 0 radical (unpaired) electrons. The first-order valence-electron chi connectivity index (χ1n) is 14.6. The number of ether oxygens (including phenoxy) is 2. The van der Waals surface area contributed by atoms with E-state index in [1.54, 1.807) is 50.8 Å². The molecule has 6 rings (SSSR count). The number of carbonyl (C=O) groups excluding carboxylic acids is 1. The molecule has 11 heteroatoms. The Morgan fingerprint density at radius 1 is 1.07 bits per heavy atom. The predicted octanol–water partition coefficient (Wildman–Crippen LogP) is 5.05. The van der Waals surface area contributed by atoms with Gasteiger partial charge in [0.25, 0.3) is 5.56 Å². The molecule has 0 saturated carbocycles. The Bertz CT molecular complexity index is 1930. The summed E-state index contributed by atoms with van der Waals surface area (Å²) in [4.78, 5) is 36.0. The van der Waals surface area contributed by atoms with Gasteiger partial charge in [0.1, 0.15) is 5.60 Å².